The Morgan fingerprint density at radius 3 is 2.44 bits per heavy atom. The third-order valence-electron chi connectivity index (χ3n) is 5.91. The summed E-state index contributed by atoms with van der Waals surface area (Å²) in [7, 11) is 0. The van der Waals surface area contributed by atoms with Crippen molar-refractivity contribution in [2.24, 2.45) is 11.8 Å². The van der Waals surface area contributed by atoms with Gasteiger partial charge in [0.15, 0.2) is 5.83 Å². The molecule has 0 aromatic heterocycles. The minimum atomic E-state index is -0.674. The number of halogens is 2. The van der Waals surface area contributed by atoms with Crippen molar-refractivity contribution in [3.63, 3.8) is 0 Å². The highest BCUT2D eigenvalue weighted by atomic mass is 19.2. The Morgan fingerprint density at radius 1 is 1.04 bits per heavy atom. The van der Waals surface area contributed by atoms with E-state index in [1.807, 2.05) is 18.2 Å². The van der Waals surface area contributed by atoms with Crippen LogP contribution in [-0.2, 0) is 6.42 Å². The first-order chi connectivity index (χ1) is 13.1. The molecule has 144 valence electrons. The molecule has 0 nitrogen and oxygen atoms in total. The van der Waals surface area contributed by atoms with Crippen molar-refractivity contribution in [2.75, 3.05) is 0 Å². The van der Waals surface area contributed by atoms with E-state index in [1.54, 1.807) is 12.1 Å². The van der Waals surface area contributed by atoms with Crippen LogP contribution in [0, 0.1) is 11.8 Å². The summed E-state index contributed by atoms with van der Waals surface area (Å²) in [5.74, 6) is -0.786. The summed E-state index contributed by atoms with van der Waals surface area (Å²) in [4.78, 5) is 0. The molecule has 2 heteroatoms. The molecule has 2 aromatic carbocycles. The van der Waals surface area contributed by atoms with Crippen LogP contribution in [0.25, 0.3) is 16.6 Å². The predicted molar refractivity (Wildman–Crippen MR) is 112 cm³/mol. The fraction of sp³-hybridized carbons (Fsp3) is 0.440. The first-order valence-electron chi connectivity index (χ1n) is 10.3. The SMILES string of the molecule is C=CCCc1ccc2cc(C(F)=C(F)C3CCC(CCC)CC3)ccc2c1. The van der Waals surface area contributed by atoms with Gasteiger partial charge in [0.05, 0.1) is 0 Å². The van der Waals surface area contributed by atoms with E-state index in [0.717, 1.165) is 49.3 Å². The van der Waals surface area contributed by atoms with Gasteiger partial charge in [-0.15, -0.1) is 6.58 Å². The van der Waals surface area contributed by atoms with Crippen molar-refractivity contribution in [1.29, 1.82) is 0 Å². The van der Waals surface area contributed by atoms with Crippen LogP contribution < -0.4 is 0 Å². The van der Waals surface area contributed by atoms with Gasteiger partial charge in [-0.2, -0.15) is 0 Å². The van der Waals surface area contributed by atoms with Gasteiger partial charge >= 0.3 is 0 Å². The fourth-order valence-corrected chi connectivity index (χ4v) is 4.29. The molecule has 3 rings (SSSR count). The summed E-state index contributed by atoms with van der Waals surface area (Å²) in [6.07, 6.45) is 9.75. The summed E-state index contributed by atoms with van der Waals surface area (Å²) in [6.45, 7) is 5.94. The summed E-state index contributed by atoms with van der Waals surface area (Å²) >= 11 is 0. The second-order valence-electron chi connectivity index (χ2n) is 7.89. The van der Waals surface area contributed by atoms with Crippen molar-refractivity contribution >= 4 is 16.6 Å². The highest BCUT2D eigenvalue weighted by molar-refractivity contribution is 5.86. The molecule has 0 aliphatic heterocycles. The highest BCUT2D eigenvalue weighted by Gasteiger charge is 2.26. The number of aryl methyl sites for hydroxylation is 1. The molecule has 0 atom stereocenters. The number of rotatable bonds is 7. The maximum Gasteiger partial charge on any atom is 0.162 e. The van der Waals surface area contributed by atoms with Gasteiger partial charge in [0, 0.05) is 11.5 Å². The molecular formula is C25H30F2. The Labute approximate surface area is 162 Å². The Morgan fingerprint density at radius 2 is 1.74 bits per heavy atom. The van der Waals surface area contributed by atoms with Gasteiger partial charge in [-0.05, 0) is 66.8 Å². The van der Waals surface area contributed by atoms with Crippen LogP contribution in [0.2, 0.25) is 0 Å². The molecule has 0 bridgehead atoms. The van der Waals surface area contributed by atoms with E-state index < -0.39 is 11.7 Å². The number of fused-ring (bicyclic) bond motifs is 1. The quantitative estimate of drug-likeness (QED) is 0.432. The van der Waals surface area contributed by atoms with E-state index in [4.69, 9.17) is 0 Å². The molecule has 1 fully saturated rings. The monoisotopic (exact) mass is 368 g/mol. The molecule has 1 aliphatic rings. The smallest absolute Gasteiger partial charge is 0.162 e. The second kappa shape index (κ2) is 9.30. The number of hydrogen-bond acceptors (Lipinski definition) is 0. The van der Waals surface area contributed by atoms with Crippen molar-refractivity contribution in [1.82, 2.24) is 0 Å². The zero-order valence-electron chi connectivity index (χ0n) is 16.3. The van der Waals surface area contributed by atoms with Gasteiger partial charge in [-0.1, -0.05) is 56.2 Å². The highest BCUT2D eigenvalue weighted by Crippen LogP contribution is 2.39. The molecule has 0 unspecified atom stereocenters. The minimum Gasteiger partial charge on any atom is -0.208 e. The van der Waals surface area contributed by atoms with Crippen molar-refractivity contribution in [3.05, 3.63) is 66.0 Å². The van der Waals surface area contributed by atoms with Crippen LogP contribution in [0.5, 0.6) is 0 Å². The third-order valence-corrected chi connectivity index (χ3v) is 5.91. The van der Waals surface area contributed by atoms with E-state index in [-0.39, 0.29) is 5.92 Å². The normalized spacial score (nSPS) is 21.1. The number of hydrogen-bond donors (Lipinski definition) is 0. The molecule has 2 aromatic rings. The summed E-state index contributed by atoms with van der Waals surface area (Å²) < 4.78 is 29.6. The van der Waals surface area contributed by atoms with Crippen LogP contribution in [0.1, 0.15) is 63.0 Å². The van der Waals surface area contributed by atoms with E-state index in [9.17, 15) is 8.78 Å². The van der Waals surface area contributed by atoms with Gasteiger partial charge in [0.1, 0.15) is 5.83 Å². The molecule has 27 heavy (non-hydrogen) atoms. The lowest BCUT2D eigenvalue weighted by Gasteiger charge is -2.27. The first kappa shape index (κ1) is 19.8. The largest absolute Gasteiger partial charge is 0.208 e. The summed E-state index contributed by atoms with van der Waals surface area (Å²) in [5, 5.41) is 2.01. The van der Waals surface area contributed by atoms with Crippen molar-refractivity contribution in [3.8, 4) is 0 Å². The molecule has 0 amide bonds. The van der Waals surface area contributed by atoms with E-state index in [1.165, 1.54) is 18.4 Å². The van der Waals surface area contributed by atoms with Crippen molar-refractivity contribution in [2.45, 2.75) is 58.3 Å². The average molecular weight is 369 g/mol. The molecular weight excluding hydrogens is 338 g/mol. The van der Waals surface area contributed by atoms with Crippen LogP contribution in [0.4, 0.5) is 8.78 Å². The van der Waals surface area contributed by atoms with Gasteiger partial charge < -0.3 is 0 Å². The molecule has 0 spiro atoms. The lowest BCUT2D eigenvalue weighted by Crippen LogP contribution is -2.15. The van der Waals surface area contributed by atoms with E-state index in [0.29, 0.717) is 11.5 Å². The minimum absolute atomic E-state index is 0.255. The Bertz CT molecular complexity index is 810. The van der Waals surface area contributed by atoms with Gasteiger partial charge in [0.25, 0.3) is 0 Å². The zero-order chi connectivity index (χ0) is 19.2. The average Bonchev–Trinajstić information content (AvgIpc) is 2.71. The standard InChI is InChI=1S/C25H30F2/c1-3-5-7-19-10-13-22-17-23(15-14-21(22)16-19)25(27)24(26)20-11-8-18(6-4-2)9-12-20/h3,10,13-18,20H,1,4-9,11-12H2,2H3. The van der Waals surface area contributed by atoms with E-state index in [2.05, 4.69) is 25.6 Å². The summed E-state index contributed by atoms with van der Waals surface area (Å²) in [6, 6.07) is 11.5. The van der Waals surface area contributed by atoms with E-state index >= 15 is 0 Å². The molecule has 1 saturated carbocycles. The maximum atomic E-state index is 14.8. The van der Waals surface area contributed by atoms with Gasteiger partial charge in [-0.25, -0.2) is 8.78 Å². The molecule has 0 radical (unpaired) electrons. The summed E-state index contributed by atoms with van der Waals surface area (Å²) in [5.41, 5.74) is 1.59. The number of benzene rings is 2. The lowest BCUT2D eigenvalue weighted by atomic mass is 9.79. The zero-order valence-corrected chi connectivity index (χ0v) is 16.3. The number of allylic oxidation sites excluding steroid dienone is 2. The van der Waals surface area contributed by atoms with Crippen molar-refractivity contribution < 1.29 is 8.78 Å². The van der Waals surface area contributed by atoms with Crippen LogP contribution in [0.15, 0.2) is 54.9 Å². The van der Waals surface area contributed by atoms with Crippen LogP contribution >= 0.6 is 0 Å². The maximum absolute atomic E-state index is 14.8. The topological polar surface area (TPSA) is 0 Å². The molecule has 0 heterocycles. The molecule has 0 saturated heterocycles. The Kier molecular flexibility index (Phi) is 6.82. The van der Waals surface area contributed by atoms with Crippen LogP contribution in [0.3, 0.4) is 0 Å². The molecule has 1 aliphatic carbocycles. The van der Waals surface area contributed by atoms with Gasteiger partial charge in [0.2, 0.25) is 0 Å². The Hall–Kier alpha value is -1.96. The third kappa shape index (κ3) is 4.86. The fourth-order valence-electron chi connectivity index (χ4n) is 4.29. The first-order valence-corrected chi connectivity index (χ1v) is 10.3. The predicted octanol–water partition coefficient (Wildman–Crippen LogP) is 8.17. The molecule has 0 N–H and O–H groups in total. The Balaban J connectivity index is 1.77. The lowest BCUT2D eigenvalue weighted by molar-refractivity contribution is 0.261. The second-order valence-corrected chi connectivity index (χ2v) is 7.89. The van der Waals surface area contributed by atoms with Gasteiger partial charge in [-0.3, -0.25) is 0 Å². The van der Waals surface area contributed by atoms with Crippen LogP contribution in [-0.4, -0.2) is 0 Å².